The van der Waals surface area contributed by atoms with Gasteiger partial charge in [-0.05, 0) is 19.1 Å². The molecule has 0 aliphatic carbocycles. The van der Waals surface area contributed by atoms with Crippen molar-refractivity contribution in [1.29, 1.82) is 0 Å². The van der Waals surface area contributed by atoms with Gasteiger partial charge in [-0.15, -0.1) is 11.3 Å². The summed E-state index contributed by atoms with van der Waals surface area (Å²) in [6, 6.07) is 12.2. The first-order chi connectivity index (χ1) is 14.4. The Hall–Kier alpha value is -3.59. The van der Waals surface area contributed by atoms with E-state index in [0.717, 1.165) is 0 Å². The average Bonchev–Trinajstić information content (AvgIpc) is 3.07. The van der Waals surface area contributed by atoms with E-state index in [1.807, 2.05) is 6.07 Å². The van der Waals surface area contributed by atoms with Crippen molar-refractivity contribution in [3.63, 3.8) is 0 Å². The minimum atomic E-state index is -0.911. The molecule has 0 spiro atoms. The molecule has 0 atom stereocenters. The van der Waals surface area contributed by atoms with Crippen LogP contribution in [0.15, 0.2) is 42.5 Å². The zero-order valence-corrected chi connectivity index (χ0v) is 17.5. The van der Waals surface area contributed by atoms with E-state index >= 15 is 0 Å². The number of anilines is 3. The van der Waals surface area contributed by atoms with E-state index in [4.69, 9.17) is 14.6 Å². The lowest BCUT2D eigenvalue weighted by molar-refractivity contribution is -0.136. The molecule has 0 aliphatic heterocycles. The number of carbonyl (C=O) groups is 2. The molecule has 0 fully saturated rings. The van der Waals surface area contributed by atoms with Crippen molar-refractivity contribution in [2.24, 2.45) is 0 Å². The van der Waals surface area contributed by atoms with Crippen LogP contribution in [0.3, 0.4) is 0 Å². The van der Waals surface area contributed by atoms with Gasteiger partial charge in [0.25, 0.3) is 5.91 Å². The first kappa shape index (κ1) is 21.1. The third-order valence-corrected chi connectivity index (χ3v) is 5.32. The third kappa shape index (κ3) is 4.87. The lowest BCUT2D eigenvalue weighted by Crippen LogP contribution is -2.12. The van der Waals surface area contributed by atoms with E-state index in [9.17, 15) is 9.59 Å². The van der Waals surface area contributed by atoms with Crippen LogP contribution >= 0.6 is 11.3 Å². The number of aryl methyl sites for hydroxylation is 1. The molecule has 0 unspecified atom stereocenters. The normalized spacial score (nSPS) is 10.4. The number of ether oxygens (including phenoxy) is 2. The summed E-state index contributed by atoms with van der Waals surface area (Å²) in [5.74, 6) is -0.287. The lowest BCUT2D eigenvalue weighted by Gasteiger charge is -2.16. The predicted octanol–water partition coefficient (Wildman–Crippen LogP) is 4.09. The SMILES string of the molecule is COc1cc(Nc2nc(C)c(CC(=O)O)s2)c(OC)cc1NC(=O)c1ccccc1. The van der Waals surface area contributed by atoms with Crippen molar-refractivity contribution in [3.8, 4) is 11.5 Å². The molecule has 156 valence electrons. The minimum Gasteiger partial charge on any atom is -0.494 e. The number of methoxy groups -OCH3 is 2. The number of benzene rings is 2. The lowest BCUT2D eigenvalue weighted by atomic mass is 10.2. The summed E-state index contributed by atoms with van der Waals surface area (Å²) in [7, 11) is 3.01. The zero-order chi connectivity index (χ0) is 21.7. The van der Waals surface area contributed by atoms with Crippen molar-refractivity contribution < 1.29 is 24.2 Å². The number of carbonyl (C=O) groups excluding carboxylic acids is 1. The van der Waals surface area contributed by atoms with Crippen molar-refractivity contribution in [2.45, 2.75) is 13.3 Å². The quantitative estimate of drug-likeness (QED) is 0.497. The zero-order valence-electron chi connectivity index (χ0n) is 16.7. The molecule has 9 heteroatoms. The number of aliphatic carboxylic acids is 1. The van der Waals surface area contributed by atoms with E-state index in [1.165, 1.54) is 25.6 Å². The fourth-order valence-corrected chi connectivity index (χ4v) is 3.74. The van der Waals surface area contributed by atoms with Crippen LogP contribution in [-0.4, -0.2) is 36.2 Å². The molecule has 0 bridgehead atoms. The number of nitrogens with one attached hydrogen (secondary N) is 2. The molecule has 0 aliphatic rings. The average molecular weight is 427 g/mol. The van der Waals surface area contributed by atoms with Gasteiger partial charge < -0.3 is 25.2 Å². The van der Waals surface area contributed by atoms with Gasteiger partial charge in [-0.3, -0.25) is 9.59 Å². The van der Waals surface area contributed by atoms with Crippen LogP contribution in [0.25, 0.3) is 0 Å². The molecule has 0 saturated heterocycles. The topological polar surface area (TPSA) is 110 Å². The highest BCUT2D eigenvalue weighted by Crippen LogP contribution is 2.39. The van der Waals surface area contributed by atoms with Gasteiger partial charge in [-0.25, -0.2) is 4.98 Å². The number of carboxylic acids is 1. The second-order valence-corrected chi connectivity index (χ2v) is 7.38. The summed E-state index contributed by atoms with van der Waals surface area (Å²) in [4.78, 5) is 28.5. The van der Waals surface area contributed by atoms with Gasteiger partial charge in [0, 0.05) is 22.6 Å². The molecular formula is C21H21N3O5S. The van der Waals surface area contributed by atoms with Crippen LogP contribution in [0.1, 0.15) is 20.9 Å². The highest BCUT2D eigenvalue weighted by Gasteiger charge is 2.17. The first-order valence-electron chi connectivity index (χ1n) is 8.98. The molecular weight excluding hydrogens is 406 g/mol. The number of carboxylic acid groups (broad SMARTS) is 1. The van der Waals surface area contributed by atoms with Crippen molar-refractivity contribution in [2.75, 3.05) is 24.9 Å². The largest absolute Gasteiger partial charge is 0.494 e. The van der Waals surface area contributed by atoms with Crippen LogP contribution in [-0.2, 0) is 11.2 Å². The smallest absolute Gasteiger partial charge is 0.308 e. The standard InChI is InChI=1S/C21H21N3O5S/c1-12-18(11-19(25)26)30-21(22-12)24-15-10-16(28-2)14(9-17(15)29-3)23-20(27)13-7-5-4-6-8-13/h4-10H,11H2,1-3H3,(H,22,24)(H,23,27)(H,25,26). The molecule has 2 aromatic carbocycles. The maximum absolute atomic E-state index is 12.5. The molecule has 3 aromatic rings. The van der Waals surface area contributed by atoms with Gasteiger partial charge >= 0.3 is 5.97 Å². The molecule has 1 aromatic heterocycles. The fraction of sp³-hybridized carbons (Fsp3) is 0.190. The number of amides is 1. The molecule has 3 N–H and O–H groups in total. The Morgan fingerprint density at radius 3 is 2.33 bits per heavy atom. The van der Waals surface area contributed by atoms with Crippen LogP contribution < -0.4 is 20.1 Å². The van der Waals surface area contributed by atoms with Crippen LogP contribution in [0.5, 0.6) is 11.5 Å². The van der Waals surface area contributed by atoms with Crippen LogP contribution in [0.2, 0.25) is 0 Å². The monoisotopic (exact) mass is 427 g/mol. The second kappa shape index (κ2) is 9.27. The van der Waals surface area contributed by atoms with Gasteiger partial charge in [-0.2, -0.15) is 0 Å². The molecule has 3 rings (SSSR count). The highest BCUT2D eigenvalue weighted by molar-refractivity contribution is 7.15. The molecule has 0 saturated carbocycles. The predicted molar refractivity (Wildman–Crippen MR) is 115 cm³/mol. The maximum atomic E-state index is 12.5. The first-order valence-corrected chi connectivity index (χ1v) is 9.80. The number of hydrogen-bond donors (Lipinski definition) is 3. The summed E-state index contributed by atoms with van der Waals surface area (Å²) in [5, 5.41) is 15.5. The number of nitrogens with zero attached hydrogens (tertiary/aromatic N) is 1. The highest BCUT2D eigenvalue weighted by atomic mass is 32.1. The van der Waals surface area contributed by atoms with Crippen molar-refractivity contribution >= 4 is 39.7 Å². The Balaban J connectivity index is 1.88. The number of thiazole rings is 1. The van der Waals surface area contributed by atoms with E-state index in [1.54, 1.807) is 43.3 Å². The molecule has 1 amide bonds. The van der Waals surface area contributed by atoms with Gasteiger partial charge in [0.2, 0.25) is 0 Å². The van der Waals surface area contributed by atoms with Crippen molar-refractivity contribution in [3.05, 3.63) is 58.6 Å². The van der Waals surface area contributed by atoms with Crippen molar-refractivity contribution in [1.82, 2.24) is 4.98 Å². The minimum absolute atomic E-state index is 0.0872. The third-order valence-electron chi connectivity index (χ3n) is 4.25. The molecule has 1 heterocycles. The van der Waals surface area contributed by atoms with Gasteiger partial charge in [0.05, 0.1) is 37.7 Å². The van der Waals surface area contributed by atoms with Crippen LogP contribution in [0.4, 0.5) is 16.5 Å². The number of hydrogen-bond acceptors (Lipinski definition) is 7. The maximum Gasteiger partial charge on any atom is 0.308 e. The van der Waals surface area contributed by atoms with E-state index in [0.29, 0.717) is 44.1 Å². The summed E-state index contributed by atoms with van der Waals surface area (Å²) < 4.78 is 10.9. The van der Waals surface area contributed by atoms with Gasteiger partial charge in [0.15, 0.2) is 5.13 Å². The molecule has 30 heavy (non-hydrogen) atoms. The Labute approximate surface area is 177 Å². The molecule has 0 radical (unpaired) electrons. The second-order valence-electron chi connectivity index (χ2n) is 6.30. The van der Waals surface area contributed by atoms with E-state index in [-0.39, 0.29) is 12.3 Å². The Bertz CT molecular complexity index is 1070. The van der Waals surface area contributed by atoms with Gasteiger partial charge in [0.1, 0.15) is 11.5 Å². The van der Waals surface area contributed by atoms with E-state index in [2.05, 4.69) is 15.6 Å². The Morgan fingerprint density at radius 1 is 1.07 bits per heavy atom. The summed E-state index contributed by atoms with van der Waals surface area (Å²) >= 11 is 1.26. The Morgan fingerprint density at radius 2 is 1.70 bits per heavy atom. The van der Waals surface area contributed by atoms with Crippen LogP contribution in [0, 0.1) is 6.92 Å². The van der Waals surface area contributed by atoms with Gasteiger partial charge in [-0.1, -0.05) is 18.2 Å². The van der Waals surface area contributed by atoms with E-state index < -0.39 is 5.97 Å². The summed E-state index contributed by atoms with van der Waals surface area (Å²) in [5.41, 5.74) is 2.20. The number of rotatable bonds is 8. The summed E-state index contributed by atoms with van der Waals surface area (Å²) in [6.07, 6.45) is -0.0872. The number of aromatic nitrogens is 1. The summed E-state index contributed by atoms with van der Waals surface area (Å²) in [6.45, 7) is 1.76. The molecule has 8 nitrogen and oxygen atoms in total. The Kier molecular flexibility index (Phi) is 6.53. The fourth-order valence-electron chi connectivity index (χ4n) is 2.78.